The van der Waals surface area contributed by atoms with E-state index in [1.54, 1.807) is 0 Å². The fourth-order valence-electron chi connectivity index (χ4n) is 2.40. The van der Waals surface area contributed by atoms with E-state index in [0.717, 1.165) is 25.8 Å². The quantitative estimate of drug-likeness (QED) is 0.435. The number of carboxylic acid groups (broad SMARTS) is 1. The van der Waals surface area contributed by atoms with E-state index in [1.807, 2.05) is 13.8 Å². The van der Waals surface area contributed by atoms with Crippen LogP contribution in [-0.4, -0.2) is 29.0 Å². The van der Waals surface area contributed by atoms with Gasteiger partial charge in [0.15, 0.2) is 0 Å². The number of carboxylic acids is 1. The van der Waals surface area contributed by atoms with Crippen molar-refractivity contribution in [1.82, 2.24) is 4.90 Å². The van der Waals surface area contributed by atoms with Gasteiger partial charge in [-0.3, -0.25) is 4.90 Å². The first-order valence-electron chi connectivity index (χ1n) is 5.05. The van der Waals surface area contributed by atoms with Crippen molar-refractivity contribution in [1.29, 1.82) is 0 Å². The van der Waals surface area contributed by atoms with E-state index < -0.39 is 11.5 Å². The average molecular weight is 189 g/mol. The second-order valence-electron chi connectivity index (χ2n) is 4.55. The number of aliphatic carboxylic acids is 1. The third-order valence-electron chi connectivity index (χ3n) is 3.76. The van der Waals surface area contributed by atoms with Gasteiger partial charge >= 0.3 is 18.9 Å². The van der Waals surface area contributed by atoms with Gasteiger partial charge in [-0.05, 0) is 38.6 Å². The van der Waals surface area contributed by atoms with E-state index in [9.17, 15) is 9.90 Å². The minimum Gasteiger partial charge on any atom is -0.548 e. The Kier molecular flexibility index (Phi) is 3.36. The van der Waals surface area contributed by atoms with E-state index >= 15 is 0 Å². The van der Waals surface area contributed by atoms with Crippen LogP contribution < -0.4 is 24.0 Å². The standard InChI is InChI=1S/C10H17NO2.Li/c1-7-5-6-11(8-3-4-8)10(7,2)9(12)13;/h7-8H,3-6H2,1-2H3,(H,12,13);/q;+1/p-1/t7?,10-;/m0./s1. The average Bonchev–Trinajstić information content (AvgIpc) is 2.83. The van der Waals surface area contributed by atoms with Crippen molar-refractivity contribution >= 4 is 5.97 Å². The smallest absolute Gasteiger partial charge is 0.548 e. The first-order valence-corrected chi connectivity index (χ1v) is 5.05. The summed E-state index contributed by atoms with van der Waals surface area (Å²) in [5.74, 6) is -0.678. The van der Waals surface area contributed by atoms with Gasteiger partial charge in [-0.25, -0.2) is 0 Å². The van der Waals surface area contributed by atoms with Crippen LogP contribution in [-0.2, 0) is 4.79 Å². The Morgan fingerprint density at radius 3 is 2.43 bits per heavy atom. The topological polar surface area (TPSA) is 43.4 Å². The summed E-state index contributed by atoms with van der Waals surface area (Å²) in [7, 11) is 0. The number of nitrogens with zero attached hydrogens (tertiary/aromatic N) is 1. The van der Waals surface area contributed by atoms with Crippen LogP contribution in [0.2, 0.25) is 0 Å². The molecule has 2 fully saturated rings. The number of rotatable bonds is 2. The van der Waals surface area contributed by atoms with Crippen molar-refractivity contribution in [3.8, 4) is 0 Å². The zero-order valence-electron chi connectivity index (χ0n) is 9.25. The zero-order valence-corrected chi connectivity index (χ0v) is 9.25. The predicted molar refractivity (Wildman–Crippen MR) is 46.9 cm³/mol. The van der Waals surface area contributed by atoms with Gasteiger partial charge in [0, 0.05) is 6.04 Å². The fourth-order valence-corrected chi connectivity index (χ4v) is 2.40. The van der Waals surface area contributed by atoms with E-state index in [-0.39, 0.29) is 24.8 Å². The number of hydrogen-bond acceptors (Lipinski definition) is 3. The Morgan fingerprint density at radius 1 is 1.43 bits per heavy atom. The molecule has 2 rings (SSSR count). The maximum Gasteiger partial charge on any atom is 1.00 e. The molecular weight excluding hydrogens is 173 g/mol. The third-order valence-corrected chi connectivity index (χ3v) is 3.76. The molecule has 0 aromatic rings. The molecule has 0 aromatic carbocycles. The van der Waals surface area contributed by atoms with Crippen LogP contribution in [0.4, 0.5) is 0 Å². The predicted octanol–water partition coefficient (Wildman–Crippen LogP) is -3.00. The van der Waals surface area contributed by atoms with Crippen molar-refractivity contribution in [2.24, 2.45) is 5.92 Å². The van der Waals surface area contributed by atoms with Gasteiger partial charge < -0.3 is 9.90 Å². The Bertz CT molecular complexity index is 242. The maximum absolute atomic E-state index is 11.1. The molecule has 1 saturated carbocycles. The van der Waals surface area contributed by atoms with Gasteiger partial charge in [0.2, 0.25) is 0 Å². The molecule has 1 aliphatic carbocycles. The van der Waals surface area contributed by atoms with E-state index in [0.29, 0.717) is 6.04 Å². The number of carbonyl (C=O) groups excluding carboxylic acids is 1. The summed E-state index contributed by atoms with van der Waals surface area (Å²) in [4.78, 5) is 13.3. The summed E-state index contributed by atoms with van der Waals surface area (Å²) in [6, 6.07) is 0.521. The molecule has 3 nitrogen and oxygen atoms in total. The van der Waals surface area contributed by atoms with Crippen LogP contribution in [0.1, 0.15) is 33.1 Å². The van der Waals surface area contributed by atoms with Gasteiger partial charge in [-0.1, -0.05) is 6.92 Å². The summed E-state index contributed by atoms with van der Waals surface area (Å²) >= 11 is 0. The number of likely N-dealkylation sites (tertiary alicyclic amines) is 1. The van der Waals surface area contributed by atoms with Gasteiger partial charge in [-0.2, -0.15) is 0 Å². The van der Waals surface area contributed by atoms with E-state index in [1.165, 1.54) is 0 Å². The van der Waals surface area contributed by atoms with E-state index in [4.69, 9.17) is 0 Å². The second kappa shape index (κ2) is 3.88. The zero-order chi connectivity index (χ0) is 9.64. The monoisotopic (exact) mass is 189 g/mol. The molecule has 1 unspecified atom stereocenters. The summed E-state index contributed by atoms with van der Waals surface area (Å²) in [5.41, 5.74) is -0.707. The summed E-state index contributed by atoms with van der Waals surface area (Å²) in [5, 5.41) is 11.1. The van der Waals surface area contributed by atoms with Crippen molar-refractivity contribution < 1.29 is 28.8 Å². The molecule has 2 atom stereocenters. The van der Waals surface area contributed by atoms with Crippen molar-refractivity contribution in [2.75, 3.05) is 6.54 Å². The molecule has 2 aliphatic rings. The second-order valence-corrected chi connectivity index (χ2v) is 4.55. The minimum absolute atomic E-state index is 0. The molecule has 0 radical (unpaired) electrons. The molecule has 0 bridgehead atoms. The molecule has 14 heavy (non-hydrogen) atoms. The molecule has 0 N–H and O–H groups in total. The van der Waals surface area contributed by atoms with Crippen LogP contribution in [0.15, 0.2) is 0 Å². The van der Waals surface area contributed by atoms with Crippen LogP contribution in [0.25, 0.3) is 0 Å². The summed E-state index contributed by atoms with van der Waals surface area (Å²) in [6.45, 7) is 4.76. The maximum atomic E-state index is 11.1. The van der Waals surface area contributed by atoms with Gasteiger partial charge in [0.1, 0.15) is 0 Å². The SMILES string of the molecule is CC1CCN(C2CC2)[C@]1(C)C(=O)[O-].[Li+]. The molecular formula is C10H16LiNO2. The summed E-state index contributed by atoms with van der Waals surface area (Å²) in [6.07, 6.45) is 3.31. The molecule has 1 saturated heterocycles. The number of hydrogen-bond donors (Lipinski definition) is 0. The molecule has 1 heterocycles. The third kappa shape index (κ3) is 1.62. The fraction of sp³-hybridized carbons (Fsp3) is 0.900. The van der Waals surface area contributed by atoms with Gasteiger partial charge in [-0.15, -0.1) is 0 Å². The normalized spacial score (nSPS) is 38.0. The van der Waals surface area contributed by atoms with Gasteiger partial charge in [0.05, 0.1) is 11.5 Å². The van der Waals surface area contributed by atoms with Crippen molar-refractivity contribution in [2.45, 2.75) is 44.7 Å². The Labute approximate surface area is 97.0 Å². The first kappa shape index (κ1) is 12.1. The molecule has 1 aliphatic heterocycles. The number of carbonyl (C=O) groups is 1. The first-order chi connectivity index (χ1) is 6.06. The van der Waals surface area contributed by atoms with Gasteiger partial charge in [0.25, 0.3) is 0 Å². The molecule has 0 spiro atoms. The van der Waals surface area contributed by atoms with Crippen LogP contribution >= 0.6 is 0 Å². The Balaban J connectivity index is 0.000000980. The summed E-state index contributed by atoms with van der Waals surface area (Å²) < 4.78 is 0. The largest absolute Gasteiger partial charge is 1.00 e. The molecule has 0 amide bonds. The van der Waals surface area contributed by atoms with Crippen molar-refractivity contribution in [3.63, 3.8) is 0 Å². The molecule has 74 valence electrons. The van der Waals surface area contributed by atoms with Crippen LogP contribution in [0.3, 0.4) is 0 Å². The van der Waals surface area contributed by atoms with Crippen LogP contribution in [0, 0.1) is 5.92 Å². The van der Waals surface area contributed by atoms with Crippen LogP contribution in [0.5, 0.6) is 0 Å². The molecule has 4 heteroatoms. The Morgan fingerprint density at radius 2 is 2.00 bits per heavy atom. The molecule has 0 aromatic heterocycles. The minimum atomic E-state index is -0.899. The Hall–Kier alpha value is 0.0274. The van der Waals surface area contributed by atoms with Crippen molar-refractivity contribution in [3.05, 3.63) is 0 Å². The van der Waals surface area contributed by atoms with E-state index in [2.05, 4.69) is 4.90 Å².